The fraction of sp³-hybridized carbons (Fsp3) is 0.273. The Hall–Kier alpha value is -2.86. The van der Waals surface area contributed by atoms with Crippen LogP contribution in [-0.2, 0) is 9.53 Å². The van der Waals surface area contributed by atoms with Gasteiger partial charge in [-0.2, -0.15) is 0 Å². The van der Waals surface area contributed by atoms with Crippen molar-refractivity contribution in [2.45, 2.75) is 33.7 Å². The molecule has 0 radical (unpaired) electrons. The molecule has 0 aliphatic rings. The lowest BCUT2D eigenvalue weighted by atomic mass is 10.0. The van der Waals surface area contributed by atoms with Crippen LogP contribution >= 0.6 is 11.6 Å². The monoisotopic (exact) mass is 419 g/mol. The molecule has 2 aromatic carbocycles. The smallest absolute Gasteiger partial charge is 0.336 e. The van der Waals surface area contributed by atoms with E-state index < -0.39 is 17.5 Å². The van der Waals surface area contributed by atoms with E-state index in [4.69, 9.17) is 20.8 Å². The third-order valence-electron chi connectivity index (χ3n) is 3.99. The Morgan fingerprint density at radius 2 is 1.90 bits per heavy atom. The molecule has 0 aliphatic carbocycles. The molecule has 1 aromatic heterocycles. The van der Waals surface area contributed by atoms with Gasteiger partial charge in [0.15, 0.2) is 0 Å². The first-order chi connectivity index (χ1) is 13.9. The second-order valence-electron chi connectivity index (χ2n) is 5.93. The number of hydrogen-bond donors (Lipinski definition) is 1. The van der Waals surface area contributed by atoms with Crippen LogP contribution in [0, 0.1) is 5.82 Å². The second kappa shape index (κ2) is 10.1. The number of carbonyl (C=O) groups is 1. The Morgan fingerprint density at radius 3 is 2.55 bits per heavy atom. The number of nitrogens with one attached hydrogen (secondary N) is 1. The van der Waals surface area contributed by atoms with Crippen molar-refractivity contribution in [1.82, 2.24) is 0 Å². The van der Waals surface area contributed by atoms with Gasteiger partial charge < -0.3 is 14.5 Å². The molecule has 0 spiro atoms. The zero-order valence-corrected chi connectivity index (χ0v) is 17.5. The minimum Gasteiger partial charge on any atom is -0.464 e. The van der Waals surface area contributed by atoms with Gasteiger partial charge in [0, 0.05) is 34.3 Å². The number of anilines is 1. The number of benzene rings is 2. The summed E-state index contributed by atoms with van der Waals surface area (Å²) in [7, 11) is 0. The summed E-state index contributed by atoms with van der Waals surface area (Å²) in [4.78, 5) is 23.8. The molecule has 3 aromatic rings. The highest BCUT2D eigenvalue weighted by atomic mass is 35.5. The maximum Gasteiger partial charge on any atom is 0.336 e. The standard InChI is InChI=1S/C20H17ClFNO4.C2H6/c1-3-26-20(25)11(2)23-13-5-7-15-16(10-19(24)27-18(15)9-13)14-6-4-12(22)8-17(14)21;1-2/h4-11,23H,3H2,1-2H3;1-2H3. The molecule has 1 unspecified atom stereocenters. The molecular weight excluding hydrogens is 397 g/mol. The zero-order chi connectivity index (χ0) is 21.6. The van der Waals surface area contributed by atoms with E-state index >= 15 is 0 Å². The highest BCUT2D eigenvalue weighted by molar-refractivity contribution is 6.33. The summed E-state index contributed by atoms with van der Waals surface area (Å²) in [6.07, 6.45) is 0. The predicted octanol–water partition coefficient (Wildman–Crippen LogP) is 5.64. The molecule has 0 bridgehead atoms. The fourth-order valence-electron chi connectivity index (χ4n) is 2.76. The van der Waals surface area contributed by atoms with E-state index in [0.29, 0.717) is 34.4 Å². The third-order valence-corrected chi connectivity index (χ3v) is 4.30. The Kier molecular flexibility index (Phi) is 7.79. The number of halogens is 2. The predicted molar refractivity (Wildman–Crippen MR) is 114 cm³/mol. The largest absolute Gasteiger partial charge is 0.464 e. The lowest BCUT2D eigenvalue weighted by Gasteiger charge is -2.14. The third kappa shape index (κ3) is 5.35. The Labute approximate surface area is 173 Å². The summed E-state index contributed by atoms with van der Waals surface area (Å²) in [5.41, 5.74) is 1.41. The van der Waals surface area contributed by atoms with Crippen LogP contribution in [0.4, 0.5) is 10.1 Å². The summed E-state index contributed by atoms with van der Waals surface area (Å²) in [6, 6.07) is 9.84. The summed E-state index contributed by atoms with van der Waals surface area (Å²) in [5.74, 6) is -0.846. The first-order valence-electron chi connectivity index (χ1n) is 9.35. The van der Waals surface area contributed by atoms with Crippen molar-refractivity contribution in [2.75, 3.05) is 11.9 Å². The van der Waals surface area contributed by atoms with E-state index in [9.17, 15) is 14.0 Å². The van der Waals surface area contributed by atoms with Gasteiger partial charge in [0.25, 0.3) is 0 Å². The van der Waals surface area contributed by atoms with Gasteiger partial charge in [-0.05, 0) is 44.2 Å². The average molecular weight is 420 g/mol. The summed E-state index contributed by atoms with van der Waals surface area (Å²) in [6.45, 7) is 7.70. The number of esters is 1. The molecule has 3 rings (SSSR count). The van der Waals surface area contributed by atoms with Crippen LogP contribution < -0.4 is 10.9 Å². The molecule has 1 atom stereocenters. The number of ether oxygens (including phenoxy) is 1. The molecule has 154 valence electrons. The van der Waals surface area contributed by atoms with E-state index in [1.807, 2.05) is 13.8 Å². The molecule has 0 amide bonds. The van der Waals surface area contributed by atoms with E-state index in [0.717, 1.165) is 0 Å². The van der Waals surface area contributed by atoms with Crippen LogP contribution in [0.1, 0.15) is 27.7 Å². The Balaban J connectivity index is 0.00000145. The highest BCUT2D eigenvalue weighted by Gasteiger charge is 2.15. The van der Waals surface area contributed by atoms with Crippen molar-refractivity contribution in [3.8, 4) is 11.1 Å². The van der Waals surface area contributed by atoms with Crippen LogP contribution in [-0.4, -0.2) is 18.6 Å². The van der Waals surface area contributed by atoms with Crippen LogP contribution in [0.3, 0.4) is 0 Å². The van der Waals surface area contributed by atoms with Crippen LogP contribution in [0.5, 0.6) is 0 Å². The number of rotatable bonds is 5. The van der Waals surface area contributed by atoms with Gasteiger partial charge >= 0.3 is 11.6 Å². The minimum atomic E-state index is -0.566. The first-order valence-corrected chi connectivity index (χ1v) is 9.73. The number of hydrogen-bond acceptors (Lipinski definition) is 5. The quantitative estimate of drug-likeness (QED) is 0.428. The van der Waals surface area contributed by atoms with Crippen molar-refractivity contribution in [3.05, 3.63) is 63.7 Å². The van der Waals surface area contributed by atoms with Gasteiger partial charge in [0.1, 0.15) is 17.4 Å². The molecule has 1 N–H and O–H groups in total. The first kappa shape index (κ1) is 22.4. The van der Waals surface area contributed by atoms with Crippen molar-refractivity contribution in [1.29, 1.82) is 0 Å². The van der Waals surface area contributed by atoms with Gasteiger partial charge in [0.2, 0.25) is 0 Å². The lowest BCUT2D eigenvalue weighted by molar-refractivity contribution is -0.143. The topological polar surface area (TPSA) is 68.5 Å². The SMILES string of the molecule is CC.CCOC(=O)C(C)Nc1ccc2c(-c3ccc(F)cc3Cl)cc(=O)oc2c1. The van der Waals surface area contributed by atoms with Crippen LogP contribution in [0.15, 0.2) is 51.7 Å². The van der Waals surface area contributed by atoms with Crippen molar-refractivity contribution in [2.24, 2.45) is 0 Å². The van der Waals surface area contributed by atoms with E-state index in [1.54, 1.807) is 32.0 Å². The minimum absolute atomic E-state index is 0.194. The molecule has 0 saturated carbocycles. The van der Waals surface area contributed by atoms with Gasteiger partial charge in [0.05, 0.1) is 11.6 Å². The van der Waals surface area contributed by atoms with Crippen molar-refractivity contribution >= 4 is 34.2 Å². The maximum absolute atomic E-state index is 13.3. The van der Waals surface area contributed by atoms with Gasteiger partial charge in [-0.15, -0.1) is 0 Å². The maximum atomic E-state index is 13.3. The average Bonchev–Trinajstić information content (AvgIpc) is 2.69. The van der Waals surface area contributed by atoms with Gasteiger partial charge in [-0.25, -0.2) is 14.0 Å². The highest BCUT2D eigenvalue weighted by Crippen LogP contribution is 2.34. The Bertz CT molecular complexity index is 1060. The summed E-state index contributed by atoms with van der Waals surface area (Å²) in [5, 5.41) is 3.83. The molecule has 1 heterocycles. The molecular formula is C22H23ClFNO4. The van der Waals surface area contributed by atoms with E-state index in [1.165, 1.54) is 24.3 Å². The molecule has 0 aliphatic heterocycles. The van der Waals surface area contributed by atoms with Crippen molar-refractivity contribution in [3.63, 3.8) is 0 Å². The van der Waals surface area contributed by atoms with Crippen LogP contribution in [0.2, 0.25) is 5.02 Å². The summed E-state index contributed by atoms with van der Waals surface area (Å²) < 4.78 is 23.6. The summed E-state index contributed by atoms with van der Waals surface area (Å²) >= 11 is 6.15. The fourth-order valence-corrected chi connectivity index (χ4v) is 3.03. The zero-order valence-electron chi connectivity index (χ0n) is 16.7. The van der Waals surface area contributed by atoms with Gasteiger partial charge in [-0.1, -0.05) is 25.4 Å². The molecule has 0 fully saturated rings. The van der Waals surface area contributed by atoms with E-state index in [-0.39, 0.29) is 11.0 Å². The molecule has 5 nitrogen and oxygen atoms in total. The van der Waals surface area contributed by atoms with E-state index in [2.05, 4.69) is 5.32 Å². The Morgan fingerprint density at radius 1 is 1.17 bits per heavy atom. The number of fused-ring (bicyclic) bond motifs is 1. The number of carbonyl (C=O) groups excluding carboxylic acids is 1. The van der Waals surface area contributed by atoms with Crippen LogP contribution in [0.25, 0.3) is 22.1 Å². The normalized spacial score (nSPS) is 11.4. The lowest BCUT2D eigenvalue weighted by Crippen LogP contribution is -2.28. The second-order valence-corrected chi connectivity index (χ2v) is 6.34. The molecule has 0 saturated heterocycles. The van der Waals surface area contributed by atoms with Crippen molar-refractivity contribution < 1.29 is 18.3 Å². The molecule has 29 heavy (non-hydrogen) atoms. The molecule has 7 heteroatoms. The van der Waals surface area contributed by atoms with Gasteiger partial charge in [-0.3, -0.25) is 0 Å².